The van der Waals surface area contributed by atoms with Crippen molar-refractivity contribution in [3.8, 4) is 6.07 Å². The number of aliphatic imine (C=N–C) groups is 1. The van der Waals surface area contributed by atoms with Gasteiger partial charge in [0, 0.05) is 24.7 Å². The van der Waals surface area contributed by atoms with E-state index in [1.807, 2.05) is 71.9 Å². The Balaban J connectivity index is 0.00000142. The zero-order chi connectivity index (χ0) is 37.9. The number of carbonyl (C=O) groups excluding carboxylic acids is 1. The van der Waals surface area contributed by atoms with Gasteiger partial charge in [-0.3, -0.25) is 9.79 Å². The third kappa shape index (κ3) is 18.6. The molecule has 1 aromatic rings. The van der Waals surface area contributed by atoms with Crippen molar-refractivity contribution in [1.82, 2.24) is 15.1 Å². The molecule has 6 heteroatoms. The van der Waals surface area contributed by atoms with Gasteiger partial charge >= 0.3 is 0 Å². The first kappa shape index (κ1) is 46.0. The van der Waals surface area contributed by atoms with Crippen LogP contribution in [0.4, 0.5) is 0 Å². The van der Waals surface area contributed by atoms with Crippen LogP contribution in [0.15, 0.2) is 106 Å². The molecule has 0 radical (unpaired) electrons. The predicted molar refractivity (Wildman–Crippen MR) is 219 cm³/mol. The van der Waals surface area contributed by atoms with Gasteiger partial charge in [0.2, 0.25) is 0 Å². The van der Waals surface area contributed by atoms with Gasteiger partial charge < -0.3 is 15.1 Å². The molecular weight excluding hydrogens is 615 g/mol. The Bertz CT molecular complexity index is 1410. The lowest BCUT2D eigenvalue weighted by Gasteiger charge is -2.27. The summed E-state index contributed by atoms with van der Waals surface area (Å²) in [5.74, 6) is 0.784. The molecule has 1 aliphatic rings. The second-order valence-electron chi connectivity index (χ2n) is 12.3. The first-order chi connectivity index (χ1) is 24.0. The van der Waals surface area contributed by atoms with Gasteiger partial charge in [-0.1, -0.05) is 88.4 Å². The first-order valence-electron chi connectivity index (χ1n) is 18.4. The van der Waals surface area contributed by atoms with Crippen molar-refractivity contribution >= 4 is 17.7 Å². The van der Waals surface area contributed by atoms with Crippen molar-refractivity contribution in [2.24, 2.45) is 4.99 Å². The maximum Gasteiger partial charge on any atom is 0.146 e. The van der Waals surface area contributed by atoms with Crippen LogP contribution in [0.2, 0.25) is 0 Å². The summed E-state index contributed by atoms with van der Waals surface area (Å²) in [6, 6.07) is 10.2. The molecule has 0 aromatic heterocycles. The number of benzene rings is 1. The Morgan fingerprint density at radius 1 is 1.06 bits per heavy atom. The topological polar surface area (TPSA) is 71.7 Å². The van der Waals surface area contributed by atoms with Crippen LogP contribution in [-0.2, 0) is 4.79 Å². The second-order valence-corrected chi connectivity index (χ2v) is 12.3. The van der Waals surface area contributed by atoms with Crippen molar-refractivity contribution in [2.45, 2.75) is 101 Å². The van der Waals surface area contributed by atoms with Gasteiger partial charge in [0.1, 0.15) is 6.29 Å². The summed E-state index contributed by atoms with van der Waals surface area (Å²) < 4.78 is 0. The van der Waals surface area contributed by atoms with Crippen LogP contribution in [0.1, 0.15) is 106 Å². The predicted octanol–water partition coefficient (Wildman–Crippen LogP) is 10.3. The minimum Gasteiger partial charge on any atom is -0.344 e. The van der Waals surface area contributed by atoms with Crippen LogP contribution in [0.5, 0.6) is 0 Å². The van der Waals surface area contributed by atoms with E-state index in [2.05, 4.69) is 86.8 Å². The smallest absolute Gasteiger partial charge is 0.146 e. The molecule has 1 N–H and O–H groups in total. The summed E-state index contributed by atoms with van der Waals surface area (Å²) in [4.78, 5) is 21.4. The first-order valence-corrected chi connectivity index (χ1v) is 18.4. The molecule has 0 bridgehead atoms. The SMILES string of the molecule is C=C(/C=C(C/C(C=O)=C\C)\C(=C/CC)NC(C)=NCC(/C=C\C)=C/C(C)=C\C)c1ccc(C#N)cc1.CC.CCN(C)C(C)CN1CCCC1. The van der Waals surface area contributed by atoms with E-state index in [0.29, 0.717) is 30.1 Å². The highest BCUT2D eigenvalue weighted by molar-refractivity contribution is 5.84. The number of nitrogens with zero attached hydrogens (tertiary/aromatic N) is 4. The minimum atomic E-state index is 0.464. The second kappa shape index (κ2) is 27.7. The molecule has 2 rings (SSSR count). The zero-order valence-electron chi connectivity index (χ0n) is 33.3. The summed E-state index contributed by atoms with van der Waals surface area (Å²) in [5.41, 5.74) is 7.16. The third-order valence-corrected chi connectivity index (χ3v) is 8.44. The molecule has 6 nitrogen and oxygen atoms in total. The Morgan fingerprint density at radius 2 is 1.70 bits per heavy atom. The molecule has 1 unspecified atom stereocenters. The number of likely N-dealkylation sites (tertiary alicyclic amines) is 1. The fourth-order valence-electron chi connectivity index (χ4n) is 5.15. The molecule has 274 valence electrons. The van der Waals surface area contributed by atoms with Crippen molar-refractivity contribution < 1.29 is 4.79 Å². The largest absolute Gasteiger partial charge is 0.344 e. The monoisotopic (exact) mass is 682 g/mol. The number of aldehydes is 1. The maximum atomic E-state index is 11.6. The quantitative estimate of drug-likeness (QED) is 0.0618. The maximum absolute atomic E-state index is 11.6. The minimum absolute atomic E-state index is 0.464. The zero-order valence-corrected chi connectivity index (χ0v) is 33.3. The number of nitriles is 1. The van der Waals surface area contributed by atoms with E-state index < -0.39 is 0 Å². The van der Waals surface area contributed by atoms with Crippen LogP contribution < -0.4 is 5.32 Å². The number of likely N-dealkylation sites (N-methyl/N-ethyl adjacent to an activating group) is 1. The molecule has 1 saturated heterocycles. The number of carbonyl (C=O) groups is 1. The molecule has 0 spiro atoms. The van der Waals surface area contributed by atoms with E-state index >= 15 is 0 Å². The van der Waals surface area contributed by atoms with Gasteiger partial charge in [-0.2, -0.15) is 5.26 Å². The molecule has 1 heterocycles. The Kier molecular flexibility index (Phi) is 25.5. The van der Waals surface area contributed by atoms with Crippen LogP contribution in [0.3, 0.4) is 0 Å². The van der Waals surface area contributed by atoms with Gasteiger partial charge in [-0.25, -0.2) is 0 Å². The van der Waals surface area contributed by atoms with E-state index in [1.165, 1.54) is 38.0 Å². The molecule has 1 aromatic carbocycles. The lowest BCUT2D eigenvalue weighted by molar-refractivity contribution is -0.105. The van der Waals surface area contributed by atoms with Crippen LogP contribution >= 0.6 is 0 Å². The molecule has 0 aliphatic carbocycles. The highest BCUT2D eigenvalue weighted by Crippen LogP contribution is 2.24. The Hall–Kier alpha value is -4.05. The average Bonchev–Trinajstić information content (AvgIpc) is 3.65. The van der Waals surface area contributed by atoms with Gasteiger partial charge in [0.25, 0.3) is 0 Å². The van der Waals surface area contributed by atoms with Crippen LogP contribution in [0, 0.1) is 11.3 Å². The van der Waals surface area contributed by atoms with Crippen LogP contribution in [-0.4, -0.2) is 67.7 Å². The van der Waals surface area contributed by atoms with E-state index in [9.17, 15) is 4.79 Å². The van der Waals surface area contributed by atoms with E-state index in [1.54, 1.807) is 12.1 Å². The lowest BCUT2D eigenvalue weighted by atomic mass is 9.96. The summed E-state index contributed by atoms with van der Waals surface area (Å²) in [6.45, 7) is 30.4. The van der Waals surface area contributed by atoms with Gasteiger partial charge in [-0.15, -0.1) is 0 Å². The highest BCUT2D eigenvalue weighted by atomic mass is 16.1. The van der Waals surface area contributed by atoms with E-state index in [0.717, 1.165) is 53.1 Å². The van der Waals surface area contributed by atoms with E-state index in [-0.39, 0.29) is 0 Å². The molecular formula is C44H67N5O. The summed E-state index contributed by atoms with van der Waals surface area (Å²) in [6.07, 6.45) is 19.2. The summed E-state index contributed by atoms with van der Waals surface area (Å²) in [5, 5.41) is 12.5. The van der Waals surface area contributed by atoms with Crippen molar-refractivity contribution in [1.29, 1.82) is 5.26 Å². The fraction of sp³-hybridized carbons (Fsp3) is 0.477. The number of hydrogen-bond donors (Lipinski definition) is 1. The number of rotatable bonds is 16. The van der Waals surface area contributed by atoms with Crippen molar-refractivity contribution in [2.75, 3.05) is 39.8 Å². The Labute approximate surface area is 306 Å². The standard InChI is InChI=1S/C32H39N3O.C10H22N2.C2H6/c1-8-12-29(18-24(5)10-3)22-34-26(7)35-32(13-9-2)31(20-27(11-4)23-36)19-25(6)30-16-14-28(21-33)15-17-30;1-4-11(3)10(2)9-12-7-5-6-8-12;1-2/h8,10-19,23H,6,9,20,22H2,1-5,7H3,(H,34,35);10H,4-9H2,1-3H3;1-2H3/b12-8-,24-10-,27-11+,29-18+,31-19-,32-13+;;. The Morgan fingerprint density at radius 3 is 2.20 bits per heavy atom. The average molecular weight is 682 g/mol. The summed E-state index contributed by atoms with van der Waals surface area (Å²) >= 11 is 0. The van der Waals surface area contributed by atoms with Gasteiger partial charge in [0.15, 0.2) is 0 Å². The number of amidine groups is 1. The molecule has 50 heavy (non-hydrogen) atoms. The number of nitrogens with one attached hydrogen (secondary N) is 1. The molecule has 1 aliphatic heterocycles. The summed E-state index contributed by atoms with van der Waals surface area (Å²) in [7, 11) is 2.21. The lowest BCUT2D eigenvalue weighted by Crippen LogP contribution is -2.39. The van der Waals surface area contributed by atoms with Crippen LogP contribution in [0.25, 0.3) is 5.57 Å². The van der Waals surface area contributed by atoms with Gasteiger partial charge in [-0.05, 0) is 134 Å². The number of allylic oxidation sites excluding steroid dienone is 10. The van der Waals surface area contributed by atoms with Crippen molar-refractivity contribution in [3.63, 3.8) is 0 Å². The third-order valence-electron chi connectivity index (χ3n) is 8.44. The fourth-order valence-corrected chi connectivity index (χ4v) is 5.15. The normalized spacial score (nSPS) is 15.6. The van der Waals surface area contributed by atoms with E-state index in [4.69, 9.17) is 10.3 Å². The molecule has 0 saturated carbocycles. The van der Waals surface area contributed by atoms with Gasteiger partial charge in [0.05, 0.1) is 24.0 Å². The highest BCUT2D eigenvalue weighted by Gasteiger charge is 2.16. The molecule has 1 fully saturated rings. The van der Waals surface area contributed by atoms with Crippen molar-refractivity contribution in [3.05, 3.63) is 112 Å². The molecule has 1 atom stereocenters. The number of hydrogen-bond acceptors (Lipinski definition) is 5. The molecule has 0 amide bonds.